The van der Waals surface area contributed by atoms with Gasteiger partial charge in [0.1, 0.15) is 0 Å². The molecule has 0 N–H and O–H groups in total. The molecule has 3 nitrogen and oxygen atoms in total. The maximum Gasteiger partial charge on any atom is 0.335 e. The van der Waals surface area contributed by atoms with E-state index < -0.39 is 6.48 Å². The van der Waals surface area contributed by atoms with Crippen LogP contribution in [-0.2, 0) is 4.65 Å². The summed E-state index contributed by atoms with van der Waals surface area (Å²) in [6.45, 7) is 0.175. The van der Waals surface area contributed by atoms with Gasteiger partial charge in [0.15, 0.2) is 0 Å². The van der Waals surface area contributed by atoms with Crippen LogP contribution >= 0.6 is 0 Å². The molecule has 0 atom stereocenters. The molecule has 1 aliphatic rings. The Hall–Kier alpha value is -2.80. The van der Waals surface area contributed by atoms with Crippen LogP contribution in [0, 0.1) is 11.3 Å². The van der Waals surface area contributed by atoms with Crippen LogP contribution in [0.15, 0.2) is 77.4 Å². The van der Waals surface area contributed by atoms with Crippen LogP contribution in [0.3, 0.4) is 0 Å². The third-order valence-electron chi connectivity index (χ3n) is 3.84. The van der Waals surface area contributed by atoms with Crippen molar-refractivity contribution in [3.05, 3.63) is 72.5 Å². The van der Waals surface area contributed by atoms with Gasteiger partial charge in [-0.15, -0.1) is 10.9 Å². The SMILES string of the molecule is CC1=CC(CC#N)=N[B-](c2ccccc2)(c2ccccc2)O1. The Balaban J connectivity index is 2.22. The highest BCUT2D eigenvalue weighted by molar-refractivity contribution is 6.97. The van der Waals surface area contributed by atoms with Crippen LogP contribution in [0.25, 0.3) is 0 Å². The Morgan fingerprint density at radius 1 is 1.00 bits per heavy atom. The van der Waals surface area contributed by atoms with Gasteiger partial charge in [-0.3, -0.25) is 0 Å². The zero-order valence-electron chi connectivity index (χ0n) is 12.4. The number of hydrogen-bond acceptors (Lipinski definition) is 3. The Morgan fingerprint density at radius 2 is 1.55 bits per heavy atom. The lowest BCUT2D eigenvalue weighted by molar-refractivity contribution is 0.428. The van der Waals surface area contributed by atoms with Crippen molar-refractivity contribution in [3.63, 3.8) is 0 Å². The van der Waals surface area contributed by atoms with Crippen LogP contribution in [0.5, 0.6) is 0 Å². The molecule has 0 bridgehead atoms. The normalized spacial score (nSPS) is 16.0. The molecule has 22 heavy (non-hydrogen) atoms. The van der Waals surface area contributed by atoms with E-state index in [9.17, 15) is 0 Å². The summed E-state index contributed by atoms with van der Waals surface area (Å²) >= 11 is 0. The molecular weight excluding hydrogens is 271 g/mol. The van der Waals surface area contributed by atoms with Gasteiger partial charge in [-0.05, 0) is 13.0 Å². The third-order valence-corrected chi connectivity index (χ3v) is 3.84. The van der Waals surface area contributed by atoms with E-state index >= 15 is 0 Å². The maximum absolute atomic E-state index is 9.02. The largest absolute Gasteiger partial charge is 0.692 e. The lowest BCUT2D eigenvalue weighted by atomic mass is 9.42. The summed E-state index contributed by atoms with van der Waals surface area (Å²) in [6, 6.07) is 22.2. The predicted octanol–water partition coefficient (Wildman–Crippen LogP) is 2.53. The van der Waals surface area contributed by atoms with E-state index in [2.05, 4.69) is 6.07 Å². The van der Waals surface area contributed by atoms with Gasteiger partial charge in [-0.1, -0.05) is 60.7 Å². The van der Waals surface area contributed by atoms with Gasteiger partial charge < -0.3 is 9.56 Å². The summed E-state index contributed by atoms with van der Waals surface area (Å²) in [6.07, 6.45) is 2.12. The molecule has 0 aliphatic carbocycles. The van der Waals surface area contributed by atoms with Crippen LogP contribution in [0.4, 0.5) is 0 Å². The number of benzene rings is 2. The molecule has 1 aliphatic heterocycles. The molecule has 0 aromatic heterocycles. The zero-order valence-corrected chi connectivity index (χ0v) is 12.4. The summed E-state index contributed by atoms with van der Waals surface area (Å²) < 4.78 is 6.25. The molecule has 0 saturated heterocycles. The summed E-state index contributed by atoms with van der Waals surface area (Å²) in [4.78, 5) is 4.85. The van der Waals surface area contributed by atoms with E-state index in [1.54, 1.807) is 0 Å². The topological polar surface area (TPSA) is 45.4 Å². The standard InChI is InChI=1S/C18H16BN2O/c1-15-14-18(12-13-20)21-19(22-15,16-8-4-2-5-9-16)17-10-6-3-7-11-17/h2-11,14H,12H2,1H3/q-1. The number of nitrogens with zero attached hydrogens (tertiary/aromatic N) is 2. The summed E-state index contributed by atoms with van der Waals surface area (Å²) in [7, 11) is 0. The van der Waals surface area contributed by atoms with Crippen LogP contribution in [-0.4, -0.2) is 12.2 Å². The van der Waals surface area contributed by atoms with Crippen molar-refractivity contribution in [2.45, 2.75) is 13.3 Å². The van der Waals surface area contributed by atoms with E-state index in [0.717, 1.165) is 22.4 Å². The molecule has 0 saturated carbocycles. The van der Waals surface area contributed by atoms with Gasteiger partial charge in [0.2, 0.25) is 0 Å². The fourth-order valence-corrected chi connectivity index (χ4v) is 2.92. The fraction of sp³-hybridized carbons (Fsp3) is 0.111. The Kier molecular flexibility index (Phi) is 3.80. The monoisotopic (exact) mass is 287 g/mol. The molecule has 108 valence electrons. The third kappa shape index (κ3) is 2.54. The van der Waals surface area contributed by atoms with Gasteiger partial charge in [-0.2, -0.15) is 5.26 Å². The van der Waals surface area contributed by atoms with Crippen molar-refractivity contribution in [2.75, 3.05) is 0 Å². The molecule has 0 unspecified atom stereocenters. The maximum atomic E-state index is 9.02. The highest BCUT2D eigenvalue weighted by Crippen LogP contribution is 2.20. The Bertz CT molecular complexity index is 721. The van der Waals surface area contributed by atoms with E-state index in [1.807, 2.05) is 73.7 Å². The van der Waals surface area contributed by atoms with Crippen molar-refractivity contribution in [3.8, 4) is 6.07 Å². The van der Waals surface area contributed by atoms with Crippen molar-refractivity contribution in [2.24, 2.45) is 4.90 Å². The first-order valence-corrected chi connectivity index (χ1v) is 7.33. The lowest BCUT2D eigenvalue weighted by Crippen LogP contribution is -2.60. The molecule has 0 radical (unpaired) electrons. The minimum absolute atomic E-state index is 0.282. The van der Waals surface area contributed by atoms with E-state index in [-0.39, 0.29) is 6.42 Å². The van der Waals surface area contributed by atoms with E-state index in [1.165, 1.54) is 0 Å². The smallest absolute Gasteiger partial charge is 0.335 e. The average molecular weight is 287 g/mol. The second-order valence-corrected chi connectivity index (χ2v) is 5.39. The highest BCUT2D eigenvalue weighted by atomic mass is 16.5. The Labute approximate surface area is 130 Å². The van der Waals surface area contributed by atoms with Gasteiger partial charge in [0.05, 0.1) is 12.5 Å². The summed E-state index contributed by atoms with van der Waals surface area (Å²) in [5, 5.41) is 9.02. The van der Waals surface area contributed by atoms with Gasteiger partial charge in [0.25, 0.3) is 0 Å². The first-order valence-electron chi connectivity index (χ1n) is 7.33. The second kappa shape index (κ2) is 5.91. The molecule has 1 heterocycles. The number of rotatable bonds is 3. The average Bonchev–Trinajstić information content (AvgIpc) is 2.56. The molecule has 2 aromatic rings. The first kappa shape index (κ1) is 14.2. The van der Waals surface area contributed by atoms with Crippen molar-refractivity contribution in [1.29, 1.82) is 5.26 Å². The molecular formula is C18H16BN2O-. The molecule has 2 aromatic carbocycles. The number of nitriles is 1. The van der Waals surface area contributed by atoms with Crippen LogP contribution in [0.1, 0.15) is 13.3 Å². The number of hydrogen-bond donors (Lipinski definition) is 0. The molecule has 0 amide bonds. The van der Waals surface area contributed by atoms with E-state index in [4.69, 9.17) is 14.8 Å². The zero-order chi connectivity index (χ0) is 15.4. The minimum Gasteiger partial charge on any atom is -0.692 e. The first-order chi connectivity index (χ1) is 10.7. The van der Waals surface area contributed by atoms with Gasteiger partial charge in [0, 0.05) is 11.5 Å². The van der Waals surface area contributed by atoms with Gasteiger partial charge in [-0.25, -0.2) is 0 Å². The van der Waals surface area contributed by atoms with Crippen LogP contribution in [0.2, 0.25) is 0 Å². The summed E-state index contributed by atoms with van der Waals surface area (Å²) in [5.74, 6) is 0.785. The van der Waals surface area contributed by atoms with Gasteiger partial charge >= 0.3 is 6.48 Å². The van der Waals surface area contributed by atoms with Crippen molar-refractivity contribution >= 4 is 23.1 Å². The lowest BCUT2D eigenvalue weighted by Gasteiger charge is -2.43. The molecule has 0 spiro atoms. The van der Waals surface area contributed by atoms with Crippen LogP contribution < -0.4 is 10.9 Å². The van der Waals surface area contributed by atoms with E-state index in [0.29, 0.717) is 0 Å². The quantitative estimate of drug-likeness (QED) is 0.814. The fourth-order valence-electron chi connectivity index (χ4n) is 2.92. The summed E-state index contributed by atoms with van der Waals surface area (Å²) in [5.41, 5.74) is 2.78. The minimum atomic E-state index is -1.74. The predicted molar refractivity (Wildman–Crippen MR) is 90.4 cm³/mol. The Morgan fingerprint density at radius 3 is 2.05 bits per heavy atom. The molecule has 0 fully saturated rings. The number of allylic oxidation sites excluding steroid dienone is 2. The molecule has 3 rings (SSSR count). The highest BCUT2D eigenvalue weighted by Gasteiger charge is 2.33. The second-order valence-electron chi connectivity index (χ2n) is 5.39. The van der Waals surface area contributed by atoms with Crippen molar-refractivity contribution in [1.82, 2.24) is 0 Å². The van der Waals surface area contributed by atoms with Crippen molar-refractivity contribution < 1.29 is 4.65 Å². The molecule has 4 heteroatoms.